The van der Waals surface area contributed by atoms with Crippen LogP contribution >= 0.6 is 0 Å². The van der Waals surface area contributed by atoms with Gasteiger partial charge in [-0.3, -0.25) is 0 Å². The van der Waals surface area contributed by atoms with Crippen molar-refractivity contribution < 1.29 is 37.4 Å². The van der Waals surface area contributed by atoms with Gasteiger partial charge < -0.3 is 30.0 Å². The van der Waals surface area contributed by atoms with Gasteiger partial charge in [-0.1, -0.05) is 26.8 Å². The van der Waals surface area contributed by atoms with Gasteiger partial charge in [0.15, 0.2) is 17.5 Å². The number of anilines is 2. The van der Waals surface area contributed by atoms with Crippen molar-refractivity contribution in [1.29, 1.82) is 0 Å². The second-order valence-electron chi connectivity index (χ2n) is 7.81. The summed E-state index contributed by atoms with van der Waals surface area (Å²) >= 11 is 0. The van der Waals surface area contributed by atoms with Crippen LogP contribution in [0.2, 0.25) is 0 Å². The molecule has 0 saturated carbocycles. The molecule has 1 aliphatic rings. The summed E-state index contributed by atoms with van der Waals surface area (Å²) in [5, 5.41) is 22.1. The number of hydrogen-bond acceptors (Lipinski definition) is 6. The Hall–Kier alpha value is -3.24. The summed E-state index contributed by atoms with van der Waals surface area (Å²) in [6, 6.07) is 5.88. The molecule has 0 bridgehead atoms. The van der Waals surface area contributed by atoms with Crippen molar-refractivity contribution in [3.63, 3.8) is 0 Å². The lowest BCUT2D eigenvalue weighted by Crippen LogP contribution is -2.25. The number of aliphatic hydroxyl groups excluding tert-OH is 2. The lowest BCUT2D eigenvalue weighted by molar-refractivity contribution is -0.0987. The van der Waals surface area contributed by atoms with Gasteiger partial charge >= 0.3 is 0 Å². The van der Waals surface area contributed by atoms with Gasteiger partial charge in [0, 0.05) is 49.1 Å². The number of halogens is 4. The summed E-state index contributed by atoms with van der Waals surface area (Å²) in [4.78, 5) is 17.8. The van der Waals surface area contributed by atoms with Crippen molar-refractivity contribution in [1.82, 2.24) is 0 Å². The Morgan fingerprint density at radius 2 is 1.50 bits per heavy atom. The molecule has 200 valence electrons. The van der Waals surface area contributed by atoms with Gasteiger partial charge in [0.1, 0.15) is 19.4 Å². The largest absolute Gasteiger partial charge is 0.396 e. The van der Waals surface area contributed by atoms with Crippen molar-refractivity contribution in [3.05, 3.63) is 65.7 Å². The van der Waals surface area contributed by atoms with Gasteiger partial charge in [-0.15, -0.1) is 0 Å². The molecular weight excluding hydrogens is 480 g/mol. The normalized spacial score (nSPS) is 16.6. The molecule has 2 aromatic rings. The van der Waals surface area contributed by atoms with Crippen LogP contribution in [-0.2, 0) is 9.59 Å². The highest BCUT2D eigenvalue weighted by Crippen LogP contribution is 2.29. The van der Waals surface area contributed by atoms with E-state index in [1.807, 2.05) is 13.6 Å². The third-order valence-electron chi connectivity index (χ3n) is 5.16. The molecule has 2 aromatic carbocycles. The number of carbonyl (C=O) groups is 2. The minimum atomic E-state index is -1.56. The fraction of sp³-hybridized carbons (Fsp3) is 0.385. The quantitative estimate of drug-likeness (QED) is 0.387. The smallest absolute Gasteiger partial charge is 0.194 e. The predicted molar refractivity (Wildman–Crippen MR) is 134 cm³/mol. The number of benzene rings is 2. The second kappa shape index (κ2) is 17.2. The van der Waals surface area contributed by atoms with Gasteiger partial charge in [0.05, 0.1) is 11.8 Å². The van der Waals surface area contributed by atoms with E-state index in [1.165, 1.54) is 18.6 Å². The Kier molecular flexibility index (Phi) is 15.7. The van der Waals surface area contributed by atoms with Gasteiger partial charge in [-0.25, -0.2) is 17.6 Å². The maximum absolute atomic E-state index is 14.5. The molecule has 10 heteroatoms. The van der Waals surface area contributed by atoms with Crippen LogP contribution in [0.1, 0.15) is 38.7 Å². The Morgan fingerprint density at radius 3 is 2.03 bits per heavy atom. The summed E-state index contributed by atoms with van der Waals surface area (Å²) < 4.78 is 54.4. The summed E-state index contributed by atoms with van der Waals surface area (Å²) in [5.74, 6) is -4.94. The molecule has 1 fully saturated rings. The molecule has 0 aromatic heterocycles. The van der Waals surface area contributed by atoms with Crippen LogP contribution in [-0.4, -0.2) is 49.6 Å². The Balaban J connectivity index is 0.00000159. The lowest BCUT2D eigenvalue weighted by atomic mass is 9.99. The van der Waals surface area contributed by atoms with Crippen molar-refractivity contribution >= 4 is 30.6 Å². The molecule has 1 saturated heterocycles. The number of nitrogens with one attached hydrogen (secondary N) is 1. The first-order valence-corrected chi connectivity index (χ1v) is 11.2. The van der Waals surface area contributed by atoms with Crippen molar-refractivity contribution in [2.75, 3.05) is 29.9 Å². The average Bonchev–Trinajstić information content (AvgIpc) is 3.06. The average molecular weight is 515 g/mol. The highest BCUT2D eigenvalue weighted by Gasteiger charge is 2.25. The monoisotopic (exact) mass is 514 g/mol. The topological polar surface area (TPSA) is 89.9 Å². The van der Waals surface area contributed by atoms with Gasteiger partial charge in [-0.2, -0.15) is 0 Å². The highest BCUT2D eigenvalue weighted by atomic mass is 19.2. The number of rotatable bonds is 5. The lowest BCUT2D eigenvalue weighted by Gasteiger charge is -2.24. The number of hydrogen-bond donors (Lipinski definition) is 3. The highest BCUT2D eigenvalue weighted by molar-refractivity contribution is 5.77. The third-order valence-corrected chi connectivity index (χ3v) is 5.16. The SMILES string of the molecule is C=C(Nc1cc(F)c(F)c(F)c1)c1ccc(F)c(N2CCC(O)C(CO)CC2)c1.C=O.C=O.CCC. The second-order valence-corrected chi connectivity index (χ2v) is 7.81. The zero-order valence-electron chi connectivity index (χ0n) is 20.6. The van der Waals surface area contributed by atoms with E-state index < -0.39 is 29.4 Å². The van der Waals surface area contributed by atoms with E-state index in [-0.39, 0.29) is 23.9 Å². The van der Waals surface area contributed by atoms with Crippen molar-refractivity contribution in [2.45, 2.75) is 39.2 Å². The number of aliphatic hydroxyl groups is 2. The summed E-state index contributed by atoms with van der Waals surface area (Å²) in [6.45, 7) is 12.8. The zero-order valence-corrected chi connectivity index (χ0v) is 20.6. The fourth-order valence-corrected chi connectivity index (χ4v) is 3.42. The fourth-order valence-electron chi connectivity index (χ4n) is 3.42. The third kappa shape index (κ3) is 9.43. The number of nitrogens with zero attached hydrogens (tertiary/aromatic N) is 1. The van der Waals surface area contributed by atoms with Crippen LogP contribution < -0.4 is 10.2 Å². The van der Waals surface area contributed by atoms with E-state index in [4.69, 9.17) is 9.59 Å². The van der Waals surface area contributed by atoms with Gasteiger partial charge in [-0.05, 0) is 36.6 Å². The van der Waals surface area contributed by atoms with Gasteiger partial charge in [0.2, 0.25) is 0 Å². The van der Waals surface area contributed by atoms with Crippen LogP contribution in [0, 0.1) is 29.2 Å². The van der Waals surface area contributed by atoms with E-state index in [9.17, 15) is 27.8 Å². The molecule has 0 aliphatic carbocycles. The van der Waals surface area contributed by atoms with Gasteiger partial charge in [0.25, 0.3) is 0 Å². The first-order valence-electron chi connectivity index (χ1n) is 11.2. The van der Waals surface area contributed by atoms with Crippen LogP contribution in [0.25, 0.3) is 5.70 Å². The summed E-state index contributed by atoms with van der Waals surface area (Å²) in [7, 11) is 0. The maximum Gasteiger partial charge on any atom is 0.194 e. The molecule has 1 aliphatic heterocycles. The Bertz CT molecular complexity index is 937. The number of carbonyl (C=O) groups excluding carboxylic acids is 2. The summed E-state index contributed by atoms with van der Waals surface area (Å²) in [5.41, 5.74) is 1.00. The molecule has 6 nitrogen and oxygen atoms in total. The molecule has 0 amide bonds. The molecule has 36 heavy (non-hydrogen) atoms. The van der Waals surface area contributed by atoms with E-state index in [0.29, 0.717) is 37.2 Å². The molecule has 3 rings (SSSR count). The molecule has 0 radical (unpaired) electrons. The van der Waals surface area contributed by atoms with Crippen LogP contribution in [0.5, 0.6) is 0 Å². The molecule has 0 spiro atoms. The molecule has 1 heterocycles. The molecule has 2 unspecified atom stereocenters. The summed E-state index contributed by atoms with van der Waals surface area (Å²) in [6.07, 6.45) is 1.49. The first kappa shape index (κ1) is 32.8. The van der Waals surface area contributed by atoms with Crippen molar-refractivity contribution in [2.24, 2.45) is 5.92 Å². The standard InChI is InChI=1S/C21H22F4N2O2.C3H8.2CH2O/c1-12(26-15-9-17(23)21(25)18(24)10-15)13-2-3-16(22)19(8-13)27-6-4-14(11-28)20(29)5-7-27;1-3-2;2*1-2/h2-3,8-10,14,20,26,28-29H,1,4-7,11H2;3H2,1-2H3;2*1H2. The minimum absolute atomic E-state index is 0.0269. The van der Waals surface area contributed by atoms with Crippen LogP contribution in [0.4, 0.5) is 28.9 Å². The first-order chi connectivity index (χ1) is 17.2. The maximum atomic E-state index is 14.5. The van der Waals surface area contributed by atoms with Crippen molar-refractivity contribution in [3.8, 4) is 0 Å². The zero-order chi connectivity index (χ0) is 27.8. The van der Waals surface area contributed by atoms with E-state index >= 15 is 0 Å². The van der Waals surface area contributed by atoms with E-state index in [2.05, 4.69) is 25.7 Å². The van der Waals surface area contributed by atoms with Crippen LogP contribution in [0.3, 0.4) is 0 Å². The Labute approximate surface area is 209 Å². The van der Waals surface area contributed by atoms with Crippen LogP contribution in [0.15, 0.2) is 36.9 Å². The van der Waals surface area contributed by atoms with E-state index in [1.54, 1.807) is 11.0 Å². The molecular formula is C26H34F4N2O4. The molecule has 3 N–H and O–H groups in total. The molecule has 2 atom stereocenters. The Morgan fingerprint density at radius 1 is 0.972 bits per heavy atom. The minimum Gasteiger partial charge on any atom is -0.396 e. The predicted octanol–water partition coefficient (Wildman–Crippen LogP) is 4.94. The van der Waals surface area contributed by atoms with E-state index in [0.717, 1.165) is 12.1 Å².